The lowest BCUT2D eigenvalue weighted by Crippen LogP contribution is -2.57. The SMILES string of the molecule is C=C1/C(=C\CP(=O)(c2ccccc2)c2ccccc2)C[C@H](O[Si](C)(C)C(C)(C)C)[C@@H](OCCCO[Si](C)(C)C(C)(C)C)[C@H]1O[Si](C)(C)C(C)(C)C. The molecule has 51 heavy (non-hydrogen) atoms. The van der Waals surface area contributed by atoms with Crippen LogP contribution in [-0.4, -0.2) is 62.6 Å². The molecule has 0 aliphatic heterocycles. The number of allylic oxidation sites excluding steroid dienone is 1. The molecule has 5 nitrogen and oxygen atoms in total. The van der Waals surface area contributed by atoms with E-state index in [0.717, 1.165) is 28.2 Å². The van der Waals surface area contributed by atoms with Gasteiger partial charge in [-0.25, -0.2) is 0 Å². The van der Waals surface area contributed by atoms with Crippen LogP contribution in [0.1, 0.15) is 75.2 Å². The van der Waals surface area contributed by atoms with Gasteiger partial charge in [-0.1, -0.05) is 136 Å². The fourth-order valence-corrected chi connectivity index (χ4v) is 11.7. The molecular formula is C42H71O5PSi3. The van der Waals surface area contributed by atoms with Crippen LogP contribution < -0.4 is 10.6 Å². The number of benzene rings is 2. The molecule has 3 rings (SSSR count). The molecule has 1 saturated carbocycles. The van der Waals surface area contributed by atoms with Gasteiger partial charge in [0, 0.05) is 36.4 Å². The number of hydrogen-bond acceptors (Lipinski definition) is 5. The van der Waals surface area contributed by atoms with Gasteiger partial charge < -0.3 is 22.6 Å². The van der Waals surface area contributed by atoms with Gasteiger partial charge in [0.2, 0.25) is 0 Å². The number of ether oxygens (including phenoxy) is 1. The molecule has 2 aromatic rings. The Morgan fingerprint density at radius 3 is 1.61 bits per heavy atom. The highest BCUT2D eigenvalue weighted by molar-refractivity contribution is 7.78. The average Bonchev–Trinajstić information content (AvgIpc) is 3.01. The van der Waals surface area contributed by atoms with Crippen molar-refractivity contribution >= 4 is 42.7 Å². The Bertz CT molecular complexity index is 1470. The Labute approximate surface area is 315 Å². The Morgan fingerprint density at radius 1 is 0.706 bits per heavy atom. The highest BCUT2D eigenvalue weighted by atomic mass is 31.2. The van der Waals surface area contributed by atoms with E-state index in [0.29, 0.717) is 25.8 Å². The van der Waals surface area contributed by atoms with Gasteiger partial charge in [-0.2, -0.15) is 0 Å². The molecule has 0 bridgehead atoms. The second kappa shape index (κ2) is 16.6. The van der Waals surface area contributed by atoms with E-state index in [1.165, 1.54) is 0 Å². The molecule has 0 amide bonds. The van der Waals surface area contributed by atoms with Gasteiger partial charge in [0.05, 0.1) is 12.2 Å². The van der Waals surface area contributed by atoms with Crippen molar-refractivity contribution in [2.24, 2.45) is 0 Å². The summed E-state index contributed by atoms with van der Waals surface area (Å²) in [5, 5.41) is 1.88. The minimum absolute atomic E-state index is 0.0116. The fraction of sp³-hybridized carbons (Fsp3) is 0.619. The van der Waals surface area contributed by atoms with Gasteiger partial charge in [-0.3, -0.25) is 0 Å². The molecule has 3 atom stereocenters. The van der Waals surface area contributed by atoms with Crippen LogP contribution in [-0.2, 0) is 22.6 Å². The normalized spacial score (nSPS) is 21.0. The zero-order valence-corrected chi connectivity index (χ0v) is 38.7. The van der Waals surface area contributed by atoms with Crippen LogP contribution in [0.4, 0.5) is 0 Å². The maximum Gasteiger partial charge on any atom is 0.193 e. The lowest BCUT2D eigenvalue weighted by molar-refractivity contribution is -0.0879. The summed E-state index contributed by atoms with van der Waals surface area (Å²) in [6, 6.07) is 19.8. The first-order valence-corrected chi connectivity index (χ1v) is 29.5. The number of rotatable bonds is 14. The van der Waals surface area contributed by atoms with E-state index in [-0.39, 0.29) is 33.4 Å². The second-order valence-corrected chi connectivity index (χ2v) is 36.3. The molecule has 0 radical (unpaired) electrons. The third-order valence-corrected chi connectivity index (χ3v) is 28.6. The minimum atomic E-state index is -2.98. The van der Waals surface area contributed by atoms with Crippen LogP contribution in [0.3, 0.4) is 0 Å². The van der Waals surface area contributed by atoms with Gasteiger partial charge in [0.1, 0.15) is 13.2 Å². The van der Waals surface area contributed by atoms with Crippen molar-refractivity contribution in [2.75, 3.05) is 19.4 Å². The highest BCUT2D eigenvalue weighted by Crippen LogP contribution is 2.48. The summed E-state index contributed by atoms with van der Waals surface area (Å²) >= 11 is 0. The molecule has 0 spiro atoms. The lowest BCUT2D eigenvalue weighted by atomic mass is 9.84. The quantitative estimate of drug-likeness (QED) is 0.109. The molecule has 9 heteroatoms. The molecule has 1 aliphatic carbocycles. The van der Waals surface area contributed by atoms with Crippen LogP contribution in [0, 0.1) is 0 Å². The summed E-state index contributed by atoms with van der Waals surface area (Å²) in [7, 11) is -9.35. The van der Waals surface area contributed by atoms with Crippen molar-refractivity contribution in [3.63, 3.8) is 0 Å². The monoisotopic (exact) mass is 770 g/mol. The molecule has 0 aromatic heterocycles. The molecular weight excluding hydrogens is 700 g/mol. The average molecular weight is 771 g/mol. The topological polar surface area (TPSA) is 54.0 Å². The third-order valence-electron chi connectivity index (χ3n) is 12.1. The van der Waals surface area contributed by atoms with E-state index in [1.807, 2.05) is 60.7 Å². The Kier molecular flexibility index (Phi) is 14.3. The Hall–Kier alpha value is -1.36. The van der Waals surface area contributed by atoms with E-state index in [4.69, 9.17) is 24.6 Å². The standard InChI is InChI=1S/C42H71O5PSi3/c1-33-34(28-31-48(43,35-24-19-17-20-25-35)36-26-21-18-22-27-36)32-37(46-50(13,14)41(5,6)7)39(38(33)47-51(15,16)42(8,9)10)44-29-23-30-45-49(11,12)40(2,3)4/h17-22,24-28,37-39H,1,23,29-32H2,2-16H3/b34-28-/t37-,38-,39+/m0/s1. The predicted octanol–water partition coefficient (Wildman–Crippen LogP) is 11.5. The maximum atomic E-state index is 15.1. The Balaban J connectivity index is 2.07. The van der Waals surface area contributed by atoms with Crippen LogP contribution in [0.2, 0.25) is 54.4 Å². The van der Waals surface area contributed by atoms with Crippen molar-refractivity contribution in [3.05, 3.63) is 84.5 Å². The van der Waals surface area contributed by atoms with Crippen LogP contribution in [0.25, 0.3) is 0 Å². The molecule has 0 unspecified atom stereocenters. The molecule has 0 saturated heterocycles. The molecule has 286 valence electrons. The van der Waals surface area contributed by atoms with Gasteiger partial charge in [0.15, 0.2) is 25.0 Å². The van der Waals surface area contributed by atoms with Gasteiger partial charge >= 0.3 is 0 Å². The van der Waals surface area contributed by atoms with Crippen molar-refractivity contribution in [2.45, 2.75) is 148 Å². The first kappa shape index (κ1) is 44.0. The smallest absolute Gasteiger partial charge is 0.193 e. The van der Waals surface area contributed by atoms with Crippen LogP contribution in [0.15, 0.2) is 84.5 Å². The summed E-state index contributed by atoms with van der Waals surface area (Å²) in [6.07, 6.45) is 3.08. The largest absolute Gasteiger partial charge is 0.417 e. The third kappa shape index (κ3) is 10.9. The zero-order chi connectivity index (χ0) is 38.7. The molecule has 0 N–H and O–H groups in total. The zero-order valence-electron chi connectivity index (χ0n) is 34.8. The van der Waals surface area contributed by atoms with E-state index < -0.39 is 32.1 Å². The van der Waals surface area contributed by atoms with E-state index in [1.54, 1.807) is 0 Å². The maximum absolute atomic E-state index is 15.1. The summed E-state index contributed by atoms with van der Waals surface area (Å²) in [4.78, 5) is 0. The van der Waals surface area contributed by atoms with Crippen molar-refractivity contribution in [1.82, 2.24) is 0 Å². The number of hydrogen-bond donors (Lipinski definition) is 0. The van der Waals surface area contributed by atoms with Gasteiger partial charge in [-0.05, 0) is 72.0 Å². The summed E-state index contributed by atoms with van der Waals surface area (Å²) in [5.74, 6) is 0. The lowest BCUT2D eigenvalue weighted by Gasteiger charge is -2.49. The first-order chi connectivity index (χ1) is 23.2. The predicted molar refractivity (Wildman–Crippen MR) is 228 cm³/mol. The summed E-state index contributed by atoms with van der Waals surface area (Å²) < 4.78 is 43.1. The molecule has 2 aromatic carbocycles. The summed E-state index contributed by atoms with van der Waals surface area (Å²) in [6.45, 7) is 40.3. The van der Waals surface area contributed by atoms with E-state index >= 15 is 4.57 Å². The summed E-state index contributed by atoms with van der Waals surface area (Å²) in [5.41, 5.74) is 1.99. The van der Waals surface area contributed by atoms with Crippen molar-refractivity contribution in [3.8, 4) is 0 Å². The Morgan fingerprint density at radius 2 is 1.16 bits per heavy atom. The minimum Gasteiger partial charge on any atom is -0.417 e. The highest BCUT2D eigenvalue weighted by Gasteiger charge is 2.49. The molecule has 1 fully saturated rings. The first-order valence-electron chi connectivity index (χ1n) is 18.9. The second-order valence-electron chi connectivity index (χ2n) is 19.1. The van der Waals surface area contributed by atoms with Crippen molar-refractivity contribution < 1.29 is 22.6 Å². The van der Waals surface area contributed by atoms with E-state index in [2.05, 4.69) is 108 Å². The van der Waals surface area contributed by atoms with Gasteiger partial charge in [0.25, 0.3) is 0 Å². The van der Waals surface area contributed by atoms with Gasteiger partial charge in [-0.15, -0.1) is 0 Å². The molecule has 0 heterocycles. The van der Waals surface area contributed by atoms with Crippen molar-refractivity contribution in [1.29, 1.82) is 0 Å². The van der Waals surface area contributed by atoms with E-state index in [9.17, 15) is 0 Å². The van der Waals surface area contributed by atoms with Crippen LogP contribution in [0.5, 0.6) is 0 Å². The fourth-order valence-electron chi connectivity index (χ4n) is 5.50. The van der Waals surface area contributed by atoms with Crippen LogP contribution >= 0.6 is 7.14 Å². The molecule has 1 aliphatic rings.